The standard InChI is InChI=1S/C17H15ClN4O2/c18-13-8-4-5-9-15(13)22-20-14(11-23)16(21-22)17(24)19-10-12-6-2-1-3-7-12/h1-9,23H,10-11H2,(H,19,24). The Kier molecular flexibility index (Phi) is 4.88. The molecule has 0 aliphatic rings. The minimum Gasteiger partial charge on any atom is -0.390 e. The van der Waals surface area contributed by atoms with Crippen molar-refractivity contribution in [2.24, 2.45) is 0 Å². The van der Waals surface area contributed by atoms with E-state index in [1.807, 2.05) is 30.3 Å². The number of carbonyl (C=O) groups excluding carboxylic acids is 1. The van der Waals surface area contributed by atoms with Crippen LogP contribution in [0.25, 0.3) is 5.69 Å². The van der Waals surface area contributed by atoms with Gasteiger partial charge in [0.1, 0.15) is 11.4 Å². The Morgan fingerprint density at radius 1 is 1.08 bits per heavy atom. The molecule has 122 valence electrons. The van der Waals surface area contributed by atoms with Crippen LogP contribution in [-0.4, -0.2) is 26.0 Å². The maximum Gasteiger partial charge on any atom is 0.274 e. The van der Waals surface area contributed by atoms with E-state index < -0.39 is 12.5 Å². The zero-order valence-electron chi connectivity index (χ0n) is 12.7. The number of nitrogens with one attached hydrogen (secondary N) is 1. The van der Waals surface area contributed by atoms with E-state index in [1.54, 1.807) is 24.3 Å². The molecule has 1 aromatic heterocycles. The zero-order valence-corrected chi connectivity index (χ0v) is 13.4. The summed E-state index contributed by atoms with van der Waals surface area (Å²) in [6, 6.07) is 16.5. The molecule has 1 heterocycles. The Balaban J connectivity index is 1.82. The van der Waals surface area contributed by atoms with Gasteiger partial charge in [0.25, 0.3) is 5.91 Å². The summed E-state index contributed by atoms with van der Waals surface area (Å²) in [6.45, 7) is -0.0258. The van der Waals surface area contributed by atoms with Gasteiger partial charge in [-0.25, -0.2) is 0 Å². The Morgan fingerprint density at radius 3 is 2.50 bits per heavy atom. The number of aliphatic hydroxyl groups is 1. The number of hydrogen-bond donors (Lipinski definition) is 2. The van der Waals surface area contributed by atoms with Crippen LogP contribution in [-0.2, 0) is 13.2 Å². The quantitative estimate of drug-likeness (QED) is 0.746. The number of amides is 1. The van der Waals surface area contributed by atoms with E-state index in [-0.39, 0.29) is 11.4 Å². The summed E-state index contributed by atoms with van der Waals surface area (Å²) in [7, 11) is 0. The smallest absolute Gasteiger partial charge is 0.274 e. The van der Waals surface area contributed by atoms with E-state index in [0.29, 0.717) is 17.3 Å². The van der Waals surface area contributed by atoms with E-state index in [9.17, 15) is 9.90 Å². The van der Waals surface area contributed by atoms with Crippen molar-refractivity contribution in [2.45, 2.75) is 13.2 Å². The SMILES string of the molecule is O=C(NCc1ccccc1)c1nn(-c2ccccc2Cl)nc1CO. The predicted octanol–water partition coefficient (Wildman–Crippen LogP) is 2.34. The maximum absolute atomic E-state index is 12.4. The molecular weight excluding hydrogens is 328 g/mol. The fourth-order valence-electron chi connectivity index (χ4n) is 2.20. The van der Waals surface area contributed by atoms with Gasteiger partial charge in [0.2, 0.25) is 0 Å². The molecule has 24 heavy (non-hydrogen) atoms. The molecule has 0 saturated carbocycles. The second-order valence-electron chi connectivity index (χ2n) is 5.06. The largest absolute Gasteiger partial charge is 0.390 e. The molecule has 7 heteroatoms. The van der Waals surface area contributed by atoms with Gasteiger partial charge in [0.15, 0.2) is 5.69 Å². The summed E-state index contributed by atoms with van der Waals surface area (Å²) in [6.07, 6.45) is 0. The summed E-state index contributed by atoms with van der Waals surface area (Å²) >= 11 is 6.12. The molecule has 0 atom stereocenters. The van der Waals surface area contributed by atoms with Gasteiger partial charge in [-0.2, -0.15) is 0 Å². The minimum absolute atomic E-state index is 0.0772. The molecule has 0 spiro atoms. The third-order valence-corrected chi connectivity index (χ3v) is 3.73. The molecule has 0 aliphatic heterocycles. The third kappa shape index (κ3) is 3.45. The van der Waals surface area contributed by atoms with Crippen molar-refractivity contribution < 1.29 is 9.90 Å². The van der Waals surface area contributed by atoms with Crippen LogP contribution in [0.15, 0.2) is 54.6 Å². The number of carbonyl (C=O) groups is 1. The van der Waals surface area contributed by atoms with Gasteiger partial charge in [-0.15, -0.1) is 15.0 Å². The lowest BCUT2D eigenvalue weighted by Crippen LogP contribution is -2.24. The maximum atomic E-state index is 12.4. The minimum atomic E-state index is -0.402. The first-order valence-electron chi connectivity index (χ1n) is 7.33. The van der Waals surface area contributed by atoms with Crippen LogP contribution in [0.4, 0.5) is 0 Å². The molecule has 3 aromatic rings. The first kappa shape index (κ1) is 16.2. The lowest BCUT2D eigenvalue weighted by molar-refractivity contribution is 0.0942. The van der Waals surface area contributed by atoms with Gasteiger partial charge in [-0.05, 0) is 17.7 Å². The van der Waals surface area contributed by atoms with Crippen LogP contribution in [0.1, 0.15) is 21.7 Å². The Labute approximate surface area is 143 Å². The van der Waals surface area contributed by atoms with E-state index in [2.05, 4.69) is 15.5 Å². The highest BCUT2D eigenvalue weighted by Gasteiger charge is 2.19. The highest BCUT2D eigenvalue weighted by Crippen LogP contribution is 2.19. The van der Waals surface area contributed by atoms with Crippen molar-refractivity contribution in [1.29, 1.82) is 0 Å². The molecular formula is C17H15ClN4O2. The zero-order chi connectivity index (χ0) is 16.9. The van der Waals surface area contributed by atoms with Crippen molar-refractivity contribution in [1.82, 2.24) is 20.3 Å². The highest BCUT2D eigenvalue weighted by molar-refractivity contribution is 6.32. The molecule has 0 bridgehead atoms. The molecule has 6 nitrogen and oxygen atoms in total. The van der Waals surface area contributed by atoms with Crippen molar-refractivity contribution >= 4 is 17.5 Å². The topological polar surface area (TPSA) is 80.0 Å². The summed E-state index contributed by atoms with van der Waals surface area (Å²) in [5.74, 6) is -0.402. The first-order chi connectivity index (χ1) is 11.7. The monoisotopic (exact) mass is 342 g/mol. The number of nitrogens with zero attached hydrogens (tertiary/aromatic N) is 3. The Hall–Kier alpha value is -2.70. The predicted molar refractivity (Wildman–Crippen MR) is 89.9 cm³/mol. The summed E-state index contributed by atoms with van der Waals surface area (Å²) < 4.78 is 0. The van der Waals surface area contributed by atoms with Gasteiger partial charge < -0.3 is 10.4 Å². The number of hydrogen-bond acceptors (Lipinski definition) is 4. The molecule has 0 fully saturated rings. The molecule has 0 radical (unpaired) electrons. The molecule has 0 unspecified atom stereocenters. The molecule has 0 aliphatic carbocycles. The first-order valence-corrected chi connectivity index (χ1v) is 7.71. The van der Waals surface area contributed by atoms with Gasteiger partial charge in [-0.1, -0.05) is 54.1 Å². The fourth-order valence-corrected chi connectivity index (χ4v) is 2.41. The molecule has 2 N–H and O–H groups in total. The van der Waals surface area contributed by atoms with Gasteiger partial charge in [0.05, 0.1) is 11.6 Å². The number of benzene rings is 2. The Bertz CT molecular complexity index is 849. The van der Waals surface area contributed by atoms with E-state index >= 15 is 0 Å². The van der Waals surface area contributed by atoms with E-state index in [1.165, 1.54) is 4.80 Å². The van der Waals surface area contributed by atoms with Crippen LogP contribution in [0, 0.1) is 0 Å². The van der Waals surface area contributed by atoms with Gasteiger partial charge in [0, 0.05) is 6.54 Å². The van der Waals surface area contributed by atoms with Crippen molar-refractivity contribution in [3.8, 4) is 5.69 Å². The van der Waals surface area contributed by atoms with Crippen molar-refractivity contribution in [2.75, 3.05) is 0 Å². The molecule has 1 amide bonds. The second kappa shape index (κ2) is 7.25. The highest BCUT2D eigenvalue weighted by atomic mass is 35.5. The average molecular weight is 343 g/mol. The number of para-hydroxylation sites is 1. The van der Waals surface area contributed by atoms with Crippen molar-refractivity contribution in [3.63, 3.8) is 0 Å². The Morgan fingerprint density at radius 2 is 1.79 bits per heavy atom. The summed E-state index contributed by atoms with van der Waals surface area (Å²) in [5, 5.41) is 21.0. The number of aliphatic hydroxyl groups excluding tert-OH is 1. The van der Waals surface area contributed by atoms with Crippen LogP contribution in [0.3, 0.4) is 0 Å². The normalized spacial score (nSPS) is 10.6. The van der Waals surface area contributed by atoms with Gasteiger partial charge >= 0.3 is 0 Å². The number of aromatic nitrogens is 3. The third-order valence-electron chi connectivity index (χ3n) is 3.41. The fraction of sp³-hybridized carbons (Fsp3) is 0.118. The number of halogens is 1. The van der Waals surface area contributed by atoms with E-state index in [0.717, 1.165) is 5.56 Å². The molecule has 0 saturated heterocycles. The van der Waals surface area contributed by atoms with Crippen LogP contribution in [0.2, 0.25) is 5.02 Å². The second-order valence-corrected chi connectivity index (χ2v) is 5.47. The molecule has 3 rings (SSSR count). The van der Waals surface area contributed by atoms with Gasteiger partial charge in [-0.3, -0.25) is 4.79 Å². The average Bonchev–Trinajstić information content (AvgIpc) is 3.05. The van der Waals surface area contributed by atoms with E-state index in [4.69, 9.17) is 11.6 Å². The van der Waals surface area contributed by atoms with Crippen LogP contribution in [0.5, 0.6) is 0 Å². The summed E-state index contributed by atoms with van der Waals surface area (Å²) in [4.78, 5) is 13.6. The summed E-state index contributed by atoms with van der Waals surface area (Å²) in [5.41, 5.74) is 1.78. The lowest BCUT2D eigenvalue weighted by Gasteiger charge is -2.03. The van der Waals surface area contributed by atoms with Crippen LogP contribution < -0.4 is 5.32 Å². The van der Waals surface area contributed by atoms with Crippen molar-refractivity contribution in [3.05, 3.63) is 76.6 Å². The number of rotatable bonds is 5. The van der Waals surface area contributed by atoms with Crippen LogP contribution >= 0.6 is 11.6 Å². The molecule has 2 aromatic carbocycles. The lowest BCUT2D eigenvalue weighted by atomic mass is 10.2.